The summed E-state index contributed by atoms with van der Waals surface area (Å²) in [5.41, 5.74) is 12.5. The first-order valence-electron chi connectivity index (χ1n) is 15.0. The number of benzene rings is 2. The zero-order chi connectivity index (χ0) is 27.5. The third-order valence-electron chi connectivity index (χ3n) is 9.23. The van der Waals surface area contributed by atoms with E-state index in [0.717, 1.165) is 6.42 Å². The van der Waals surface area contributed by atoms with E-state index in [0.29, 0.717) is 5.92 Å². The number of thiophene rings is 1. The van der Waals surface area contributed by atoms with Gasteiger partial charge in [-0.25, -0.2) is 0 Å². The topological polar surface area (TPSA) is 0 Å². The van der Waals surface area contributed by atoms with Crippen molar-refractivity contribution in [3.8, 4) is 11.1 Å². The van der Waals surface area contributed by atoms with Gasteiger partial charge in [-0.3, -0.25) is 0 Å². The number of hydrogen-bond acceptors (Lipinski definition) is 1. The van der Waals surface area contributed by atoms with Crippen molar-refractivity contribution < 1.29 is 21.3 Å². The minimum atomic E-state index is -2.39. The molecular formula is C37H44SZr. The molecule has 6 rings (SSSR count). The van der Waals surface area contributed by atoms with Crippen molar-refractivity contribution in [2.75, 3.05) is 0 Å². The summed E-state index contributed by atoms with van der Waals surface area (Å²) in [5.74, 6) is 0.550. The monoisotopic (exact) mass is 610 g/mol. The molecule has 0 bridgehead atoms. The molecule has 0 aliphatic heterocycles. The van der Waals surface area contributed by atoms with Crippen molar-refractivity contribution in [1.29, 1.82) is 0 Å². The van der Waals surface area contributed by atoms with Gasteiger partial charge in [0.05, 0.1) is 0 Å². The molecule has 3 aliphatic carbocycles. The summed E-state index contributed by atoms with van der Waals surface area (Å²) < 4.78 is 5.61. The van der Waals surface area contributed by atoms with E-state index in [-0.39, 0.29) is 10.8 Å². The molecule has 0 amide bonds. The zero-order valence-corrected chi connectivity index (χ0v) is 28.3. The molecule has 2 aromatic carbocycles. The van der Waals surface area contributed by atoms with E-state index in [2.05, 4.69) is 108 Å². The van der Waals surface area contributed by atoms with Gasteiger partial charge in [0.2, 0.25) is 0 Å². The normalized spacial score (nSPS) is 19.1. The zero-order valence-electron chi connectivity index (χ0n) is 25.0. The van der Waals surface area contributed by atoms with Crippen molar-refractivity contribution in [3.63, 3.8) is 0 Å². The third-order valence-corrected chi connectivity index (χ3v) is 18.4. The van der Waals surface area contributed by atoms with Crippen LogP contribution in [0, 0.1) is 5.92 Å². The second-order valence-corrected chi connectivity index (χ2v) is 21.1. The van der Waals surface area contributed by atoms with E-state index in [1.807, 2.05) is 17.8 Å². The first kappa shape index (κ1) is 27.5. The van der Waals surface area contributed by atoms with Gasteiger partial charge in [-0.15, -0.1) is 0 Å². The summed E-state index contributed by atoms with van der Waals surface area (Å²) in [6, 6.07) is 15.0. The summed E-state index contributed by atoms with van der Waals surface area (Å²) in [6.07, 6.45) is 13.0. The standard InChI is InChI=1S/C21H25.C10H9S.C6H10.Zr/c1-20(2,3)16-9-7-14-11-15-8-10-17(21(4,5)6)13-19(15)18(14)12-16;1-8-2-3-9(6-8)10-4-5-11-7-10;1-2-4-6-5-3-1;/h7,9-10,12-13H,11H2,1-6H3;2-5,7-8H,1H3;1-5H2;. The summed E-state index contributed by atoms with van der Waals surface area (Å²) in [7, 11) is 0. The Kier molecular flexibility index (Phi) is 7.29. The van der Waals surface area contributed by atoms with Crippen LogP contribution in [0.5, 0.6) is 0 Å². The van der Waals surface area contributed by atoms with E-state index >= 15 is 0 Å². The van der Waals surface area contributed by atoms with Crippen molar-refractivity contribution in [3.05, 3.63) is 90.4 Å². The molecule has 2 heteroatoms. The van der Waals surface area contributed by atoms with Crippen molar-refractivity contribution in [1.82, 2.24) is 0 Å². The molecule has 1 atom stereocenters. The van der Waals surface area contributed by atoms with Crippen molar-refractivity contribution >= 4 is 23.4 Å². The minimum absolute atomic E-state index is 0.129. The molecule has 0 saturated heterocycles. The van der Waals surface area contributed by atoms with E-state index < -0.39 is 21.3 Å². The molecule has 3 aromatic rings. The van der Waals surface area contributed by atoms with Gasteiger partial charge in [-0.05, 0) is 0 Å². The van der Waals surface area contributed by atoms with Gasteiger partial charge in [-0.1, -0.05) is 0 Å². The Hall–Kier alpha value is -1.63. The van der Waals surface area contributed by atoms with Crippen LogP contribution in [-0.2, 0) is 38.5 Å². The number of rotatable bonds is 3. The average molecular weight is 612 g/mol. The maximum atomic E-state index is 2.72. The Morgan fingerprint density at radius 2 is 1.54 bits per heavy atom. The Morgan fingerprint density at radius 3 is 2.21 bits per heavy atom. The predicted octanol–water partition coefficient (Wildman–Crippen LogP) is 9.91. The Labute approximate surface area is 248 Å². The molecule has 1 heterocycles. The first-order valence-corrected chi connectivity index (χ1v) is 19.6. The molecule has 0 radical (unpaired) electrons. The Bertz CT molecular complexity index is 1500. The van der Waals surface area contributed by atoms with Crippen LogP contribution in [0.25, 0.3) is 16.7 Å². The van der Waals surface area contributed by atoms with Crippen LogP contribution in [-0.4, -0.2) is 3.21 Å². The molecule has 1 fully saturated rings. The summed E-state index contributed by atoms with van der Waals surface area (Å²) in [4.78, 5) is 0. The van der Waals surface area contributed by atoms with E-state index in [9.17, 15) is 0 Å². The molecule has 39 heavy (non-hydrogen) atoms. The number of hydrogen-bond donors (Lipinski definition) is 0. The quantitative estimate of drug-likeness (QED) is 0.216. The molecule has 3 aliphatic rings. The predicted molar refractivity (Wildman–Crippen MR) is 169 cm³/mol. The summed E-state index contributed by atoms with van der Waals surface area (Å²) in [5, 5.41) is 4.64. The molecular weight excluding hydrogens is 568 g/mol. The molecule has 0 nitrogen and oxygen atoms in total. The van der Waals surface area contributed by atoms with Crippen LogP contribution in [0.1, 0.15) is 108 Å². The van der Waals surface area contributed by atoms with Crippen LogP contribution in [0.2, 0.25) is 0 Å². The van der Waals surface area contributed by atoms with Crippen molar-refractivity contribution in [2.45, 2.75) is 97.8 Å². The van der Waals surface area contributed by atoms with Crippen molar-refractivity contribution in [2.24, 2.45) is 5.92 Å². The number of fused-ring (bicyclic) bond motifs is 3. The molecule has 1 unspecified atom stereocenters. The first-order chi connectivity index (χ1) is 18.5. The Morgan fingerprint density at radius 1 is 0.821 bits per heavy atom. The fraction of sp³-hybridized carbons (Fsp3) is 0.432. The summed E-state index contributed by atoms with van der Waals surface area (Å²) in [6.45, 7) is 16.7. The van der Waals surface area contributed by atoms with Gasteiger partial charge >= 0.3 is 250 Å². The van der Waals surface area contributed by atoms with E-state index in [1.165, 1.54) is 59.9 Å². The molecule has 0 N–H and O–H groups in total. The van der Waals surface area contributed by atoms with Gasteiger partial charge in [0, 0.05) is 0 Å². The summed E-state index contributed by atoms with van der Waals surface area (Å²) >= 11 is -0.549. The van der Waals surface area contributed by atoms with Crippen LogP contribution in [0.3, 0.4) is 0 Å². The fourth-order valence-electron chi connectivity index (χ4n) is 6.86. The molecule has 202 valence electrons. The van der Waals surface area contributed by atoms with Gasteiger partial charge in [0.15, 0.2) is 0 Å². The average Bonchev–Trinajstić information content (AvgIpc) is 3.63. The van der Waals surface area contributed by atoms with Crippen LogP contribution >= 0.6 is 11.3 Å². The SMILES string of the molecule is CC1C=CC(c2ccsc2)=[C]1[Zr](=[C]1CCCCC1)[c]1cc(C(C)(C)C)cc2c1Cc1ccc(C(C)(C)C)cc1-2. The van der Waals surface area contributed by atoms with Gasteiger partial charge in [-0.2, -0.15) is 0 Å². The fourth-order valence-corrected chi connectivity index (χ4v) is 16.8. The number of allylic oxidation sites excluding steroid dienone is 4. The second-order valence-electron chi connectivity index (χ2n) is 14.1. The van der Waals surface area contributed by atoms with E-state index in [4.69, 9.17) is 0 Å². The van der Waals surface area contributed by atoms with Gasteiger partial charge in [0.25, 0.3) is 0 Å². The van der Waals surface area contributed by atoms with Gasteiger partial charge < -0.3 is 0 Å². The van der Waals surface area contributed by atoms with Gasteiger partial charge in [0.1, 0.15) is 0 Å². The van der Waals surface area contributed by atoms with E-state index in [1.54, 1.807) is 20.0 Å². The molecule has 1 saturated carbocycles. The molecule has 0 spiro atoms. The third kappa shape index (κ3) is 5.15. The van der Waals surface area contributed by atoms with Crippen LogP contribution in [0.15, 0.2) is 62.6 Å². The van der Waals surface area contributed by atoms with Crippen LogP contribution < -0.4 is 3.27 Å². The second kappa shape index (κ2) is 10.3. The maximum absolute atomic E-state index is 2.72. The van der Waals surface area contributed by atoms with Crippen LogP contribution in [0.4, 0.5) is 0 Å². The Balaban J connectivity index is 1.65. The molecule has 1 aromatic heterocycles.